The number of urea groups is 1. The van der Waals surface area contributed by atoms with Gasteiger partial charge >= 0.3 is 6.03 Å². The molecular weight excluding hydrogens is 308 g/mol. The number of aromatic nitrogens is 2. The summed E-state index contributed by atoms with van der Waals surface area (Å²) in [5.41, 5.74) is 3.31. The Balaban J connectivity index is 1.59. The van der Waals surface area contributed by atoms with Gasteiger partial charge in [0.15, 0.2) is 5.82 Å². The van der Waals surface area contributed by atoms with Gasteiger partial charge in [0.25, 0.3) is 0 Å². The average molecular weight is 326 g/mol. The molecule has 1 aromatic carbocycles. The highest BCUT2D eigenvalue weighted by Gasteiger charge is 2.22. The number of nitrogens with zero attached hydrogens (tertiary/aromatic N) is 3. The summed E-state index contributed by atoms with van der Waals surface area (Å²) < 4.78 is 0. The van der Waals surface area contributed by atoms with Crippen LogP contribution in [0.5, 0.6) is 0 Å². The van der Waals surface area contributed by atoms with Crippen LogP contribution in [0.25, 0.3) is 0 Å². The van der Waals surface area contributed by atoms with Crippen LogP contribution in [-0.4, -0.2) is 40.4 Å². The zero-order valence-corrected chi connectivity index (χ0v) is 13.1. The summed E-state index contributed by atoms with van der Waals surface area (Å²) in [7, 11) is 0. The van der Waals surface area contributed by atoms with Gasteiger partial charge in [-0.3, -0.25) is 15.3 Å². The van der Waals surface area contributed by atoms with Crippen molar-refractivity contribution in [1.82, 2.24) is 20.4 Å². The Kier molecular flexibility index (Phi) is 5.00. The first kappa shape index (κ1) is 15.9. The fourth-order valence-corrected chi connectivity index (χ4v) is 2.75. The van der Waals surface area contributed by atoms with Crippen molar-refractivity contribution < 1.29 is 9.59 Å². The molecule has 2 heterocycles. The quantitative estimate of drug-likeness (QED) is 0.570. The fourth-order valence-electron chi connectivity index (χ4n) is 2.75. The third kappa shape index (κ3) is 3.87. The molecule has 0 saturated carbocycles. The number of fused-ring (bicyclic) bond motifs is 1. The molecule has 0 atom stereocenters. The highest BCUT2D eigenvalue weighted by molar-refractivity contribution is 5.89. The van der Waals surface area contributed by atoms with Crippen LogP contribution in [0.4, 0.5) is 10.6 Å². The largest absolute Gasteiger partial charge is 0.321 e. The van der Waals surface area contributed by atoms with Crippen LogP contribution in [0.15, 0.2) is 35.3 Å². The molecule has 3 rings (SSSR count). The summed E-state index contributed by atoms with van der Waals surface area (Å²) in [6.45, 7) is 2.43. The second-order valence-corrected chi connectivity index (χ2v) is 5.51. The van der Waals surface area contributed by atoms with Gasteiger partial charge in [0.1, 0.15) is 6.67 Å². The van der Waals surface area contributed by atoms with Gasteiger partial charge in [0.2, 0.25) is 6.08 Å². The second kappa shape index (κ2) is 7.54. The van der Waals surface area contributed by atoms with Crippen LogP contribution < -0.4 is 10.6 Å². The van der Waals surface area contributed by atoms with E-state index in [0.29, 0.717) is 5.82 Å². The van der Waals surface area contributed by atoms with Gasteiger partial charge in [0, 0.05) is 25.2 Å². The summed E-state index contributed by atoms with van der Waals surface area (Å²) in [5, 5.41) is 12.3. The number of hydrogen-bond acceptors (Lipinski definition) is 5. The Hall–Kier alpha value is -2.96. The van der Waals surface area contributed by atoms with Crippen LogP contribution >= 0.6 is 0 Å². The van der Waals surface area contributed by atoms with Gasteiger partial charge in [0.05, 0.1) is 5.69 Å². The van der Waals surface area contributed by atoms with Crippen LogP contribution in [0.1, 0.15) is 16.8 Å². The predicted octanol–water partition coefficient (Wildman–Crippen LogP) is 1.38. The summed E-state index contributed by atoms with van der Waals surface area (Å²) >= 11 is 0. The van der Waals surface area contributed by atoms with E-state index < -0.39 is 6.03 Å². The van der Waals surface area contributed by atoms with Crippen molar-refractivity contribution in [3.63, 3.8) is 0 Å². The van der Waals surface area contributed by atoms with Gasteiger partial charge in [-0.1, -0.05) is 30.3 Å². The minimum atomic E-state index is -0.449. The van der Waals surface area contributed by atoms with Crippen molar-refractivity contribution in [2.45, 2.75) is 19.5 Å². The van der Waals surface area contributed by atoms with Crippen molar-refractivity contribution in [3.8, 4) is 0 Å². The Morgan fingerprint density at radius 2 is 2.21 bits per heavy atom. The Morgan fingerprint density at radius 1 is 1.38 bits per heavy atom. The van der Waals surface area contributed by atoms with E-state index >= 15 is 0 Å². The van der Waals surface area contributed by atoms with Crippen LogP contribution in [-0.2, 0) is 24.3 Å². The highest BCUT2D eigenvalue weighted by atomic mass is 16.2. The maximum Gasteiger partial charge on any atom is 0.321 e. The van der Waals surface area contributed by atoms with E-state index in [-0.39, 0.29) is 6.67 Å². The zero-order chi connectivity index (χ0) is 16.8. The monoisotopic (exact) mass is 326 g/mol. The van der Waals surface area contributed by atoms with Crippen molar-refractivity contribution in [2.24, 2.45) is 4.99 Å². The molecule has 0 saturated heterocycles. The number of hydrogen-bond donors (Lipinski definition) is 3. The third-order valence-electron chi connectivity index (χ3n) is 3.88. The fraction of sp³-hybridized carbons (Fsp3) is 0.312. The molecule has 0 aliphatic carbocycles. The number of amides is 2. The van der Waals surface area contributed by atoms with E-state index in [9.17, 15) is 9.59 Å². The topological polar surface area (TPSA) is 102 Å². The average Bonchev–Trinajstić information content (AvgIpc) is 2.98. The number of carbonyl (C=O) groups is 1. The van der Waals surface area contributed by atoms with Crippen molar-refractivity contribution in [1.29, 1.82) is 0 Å². The lowest BCUT2D eigenvalue weighted by Gasteiger charge is -2.26. The molecule has 2 amide bonds. The van der Waals surface area contributed by atoms with E-state index in [1.807, 2.05) is 18.2 Å². The molecule has 0 unspecified atom stereocenters. The van der Waals surface area contributed by atoms with Gasteiger partial charge in [-0.05, 0) is 12.0 Å². The molecule has 3 N–H and O–H groups in total. The first-order chi connectivity index (χ1) is 11.8. The third-order valence-corrected chi connectivity index (χ3v) is 3.88. The summed E-state index contributed by atoms with van der Waals surface area (Å²) in [6, 6.07) is 9.86. The lowest BCUT2D eigenvalue weighted by Crippen LogP contribution is -2.31. The maximum absolute atomic E-state index is 11.7. The molecule has 8 nitrogen and oxygen atoms in total. The van der Waals surface area contributed by atoms with E-state index in [1.165, 1.54) is 11.6 Å². The number of anilines is 1. The number of carbonyl (C=O) groups excluding carboxylic acids is 2. The standard InChI is InChI=1S/C16H18N6O2/c23-11-17-10-18-16(24)19-15-13-6-7-22(9-14(13)20-21-15)8-12-4-2-1-3-5-12/h1-5H,6-10H2,(H3,18,19,20,21,24). The molecule has 0 bridgehead atoms. The molecule has 1 aliphatic rings. The molecule has 1 aromatic heterocycles. The Bertz CT molecular complexity index is 751. The van der Waals surface area contributed by atoms with Crippen molar-refractivity contribution in [3.05, 3.63) is 47.2 Å². The van der Waals surface area contributed by atoms with Crippen LogP contribution in [0.2, 0.25) is 0 Å². The minimum absolute atomic E-state index is 0.104. The summed E-state index contributed by atoms with van der Waals surface area (Å²) in [5.74, 6) is 0.525. The summed E-state index contributed by atoms with van der Waals surface area (Å²) in [6.07, 6.45) is 2.17. The minimum Gasteiger partial charge on any atom is -0.318 e. The number of H-pyrrole nitrogens is 1. The lowest BCUT2D eigenvalue weighted by molar-refractivity contribution is 0.242. The van der Waals surface area contributed by atoms with Crippen LogP contribution in [0.3, 0.4) is 0 Å². The van der Waals surface area contributed by atoms with E-state index in [1.54, 1.807) is 0 Å². The first-order valence-corrected chi connectivity index (χ1v) is 7.67. The molecule has 1 aliphatic heterocycles. The SMILES string of the molecule is O=C=NCNC(=O)Nc1n[nH]c2c1CCN(Cc1ccccc1)C2. The molecule has 0 radical (unpaired) electrons. The molecule has 0 fully saturated rings. The smallest absolute Gasteiger partial charge is 0.318 e. The molecule has 24 heavy (non-hydrogen) atoms. The van der Waals surface area contributed by atoms with Gasteiger partial charge < -0.3 is 5.32 Å². The van der Waals surface area contributed by atoms with Gasteiger partial charge in [-0.2, -0.15) is 10.1 Å². The van der Waals surface area contributed by atoms with Gasteiger partial charge in [-0.25, -0.2) is 9.59 Å². The number of benzene rings is 1. The number of aromatic amines is 1. The molecule has 2 aromatic rings. The van der Waals surface area contributed by atoms with Crippen molar-refractivity contribution >= 4 is 17.9 Å². The zero-order valence-electron chi connectivity index (χ0n) is 13.1. The Morgan fingerprint density at radius 3 is 3.00 bits per heavy atom. The van der Waals surface area contributed by atoms with Crippen molar-refractivity contribution in [2.75, 3.05) is 18.5 Å². The van der Waals surface area contributed by atoms with Crippen LogP contribution in [0, 0.1) is 0 Å². The molecule has 0 spiro atoms. The van der Waals surface area contributed by atoms with E-state index in [0.717, 1.165) is 37.3 Å². The number of isocyanates is 1. The normalized spacial score (nSPS) is 13.7. The predicted molar refractivity (Wildman–Crippen MR) is 88.0 cm³/mol. The molecule has 8 heteroatoms. The van der Waals surface area contributed by atoms with E-state index in [4.69, 9.17) is 0 Å². The van der Waals surface area contributed by atoms with Gasteiger partial charge in [-0.15, -0.1) is 0 Å². The lowest BCUT2D eigenvalue weighted by atomic mass is 10.1. The maximum atomic E-state index is 11.7. The molecule has 124 valence electrons. The number of nitrogens with one attached hydrogen (secondary N) is 3. The Labute approximate surface area is 139 Å². The molecular formula is C16H18N6O2. The summed E-state index contributed by atoms with van der Waals surface area (Å²) in [4.78, 5) is 27.3. The number of rotatable bonds is 5. The first-order valence-electron chi connectivity index (χ1n) is 7.67. The number of aliphatic imine (C=N–C) groups is 1. The highest BCUT2D eigenvalue weighted by Crippen LogP contribution is 2.24. The van der Waals surface area contributed by atoms with E-state index in [2.05, 4.69) is 42.9 Å². The second-order valence-electron chi connectivity index (χ2n) is 5.51.